The van der Waals surface area contributed by atoms with Crippen LogP contribution < -0.4 is 14.4 Å². The smallest absolute Gasteiger partial charge is 0.269 e. The van der Waals surface area contributed by atoms with E-state index in [4.69, 9.17) is 21.1 Å². The van der Waals surface area contributed by atoms with E-state index >= 15 is 0 Å². The highest BCUT2D eigenvalue weighted by atomic mass is 35.5. The minimum absolute atomic E-state index is 0.0388. The van der Waals surface area contributed by atoms with Gasteiger partial charge in [-0.15, -0.1) is 0 Å². The number of anilines is 1. The zero-order chi connectivity index (χ0) is 22.1. The first-order valence-corrected chi connectivity index (χ1v) is 9.87. The van der Waals surface area contributed by atoms with Crippen LogP contribution in [0.3, 0.4) is 0 Å². The molecule has 1 aliphatic heterocycles. The highest BCUT2D eigenvalue weighted by Gasteiger charge is 2.36. The van der Waals surface area contributed by atoms with E-state index < -0.39 is 11.0 Å². The van der Waals surface area contributed by atoms with E-state index in [0.29, 0.717) is 22.2 Å². The van der Waals surface area contributed by atoms with Gasteiger partial charge in [0.2, 0.25) is 5.91 Å². The highest BCUT2D eigenvalue weighted by Crippen LogP contribution is 2.43. The average molecular weight is 439 g/mol. The first kappa shape index (κ1) is 20.7. The van der Waals surface area contributed by atoms with Crippen LogP contribution in [0.4, 0.5) is 11.4 Å². The van der Waals surface area contributed by atoms with Crippen LogP contribution in [0.5, 0.6) is 11.5 Å². The number of nitro groups is 1. The first-order valence-electron chi connectivity index (χ1n) is 9.49. The monoisotopic (exact) mass is 438 g/mol. The zero-order valence-corrected chi connectivity index (χ0v) is 17.6. The lowest BCUT2D eigenvalue weighted by molar-refractivity contribution is -0.384. The number of carbonyl (C=O) groups is 1. The molecule has 0 aliphatic carbocycles. The maximum atomic E-state index is 13.3. The molecular weight excluding hydrogens is 420 g/mol. The van der Waals surface area contributed by atoms with E-state index in [1.54, 1.807) is 43.4 Å². The second-order valence-corrected chi connectivity index (χ2v) is 7.51. The minimum Gasteiger partial charge on any atom is -0.493 e. The molecule has 0 radical (unpaired) electrons. The summed E-state index contributed by atoms with van der Waals surface area (Å²) in [6, 6.07) is 16.5. The van der Waals surface area contributed by atoms with Crippen LogP contribution in [0, 0.1) is 10.1 Å². The summed E-state index contributed by atoms with van der Waals surface area (Å²) in [6.45, 7) is 0. The summed E-state index contributed by atoms with van der Waals surface area (Å²) < 4.78 is 10.9. The van der Waals surface area contributed by atoms with Gasteiger partial charge in [-0.2, -0.15) is 0 Å². The van der Waals surface area contributed by atoms with Crippen molar-refractivity contribution in [1.29, 1.82) is 0 Å². The second-order valence-electron chi connectivity index (χ2n) is 7.07. The number of hydrogen-bond donors (Lipinski definition) is 0. The first-order chi connectivity index (χ1) is 14.9. The van der Waals surface area contributed by atoms with Crippen LogP contribution in [0.1, 0.15) is 22.7 Å². The highest BCUT2D eigenvalue weighted by molar-refractivity contribution is 6.30. The number of benzene rings is 3. The molecule has 0 saturated carbocycles. The van der Waals surface area contributed by atoms with Gasteiger partial charge in [0.25, 0.3) is 5.69 Å². The molecule has 4 rings (SSSR count). The van der Waals surface area contributed by atoms with Gasteiger partial charge in [-0.3, -0.25) is 14.9 Å². The Morgan fingerprint density at radius 1 is 1.00 bits per heavy atom. The van der Waals surface area contributed by atoms with Crippen molar-refractivity contribution in [3.8, 4) is 11.5 Å². The minimum atomic E-state index is -0.467. The Morgan fingerprint density at radius 3 is 2.19 bits per heavy atom. The van der Waals surface area contributed by atoms with Crippen LogP contribution in [0.15, 0.2) is 60.7 Å². The lowest BCUT2D eigenvalue weighted by Gasteiger charge is -2.38. The van der Waals surface area contributed by atoms with Gasteiger partial charge >= 0.3 is 0 Å². The number of hydrogen-bond acceptors (Lipinski definition) is 5. The number of halogens is 1. The topological polar surface area (TPSA) is 81.9 Å². The summed E-state index contributed by atoms with van der Waals surface area (Å²) in [6.07, 6.45) is 0.163. The van der Waals surface area contributed by atoms with Crippen molar-refractivity contribution in [2.75, 3.05) is 19.1 Å². The quantitative estimate of drug-likeness (QED) is 0.416. The molecular formula is C23H19ClN2O5. The molecule has 1 aliphatic rings. The fourth-order valence-electron chi connectivity index (χ4n) is 3.88. The number of nitro benzene ring substituents is 1. The number of nitrogens with zero attached hydrogens (tertiary/aromatic N) is 2. The third kappa shape index (κ3) is 3.80. The lowest BCUT2D eigenvalue weighted by atomic mass is 9.87. The number of rotatable bonds is 5. The summed E-state index contributed by atoms with van der Waals surface area (Å²) in [5.74, 6) is 0.972. The summed E-state index contributed by atoms with van der Waals surface area (Å²) in [7, 11) is 3.11. The molecule has 31 heavy (non-hydrogen) atoms. The van der Waals surface area contributed by atoms with E-state index in [1.807, 2.05) is 24.3 Å². The average Bonchev–Trinajstić information content (AvgIpc) is 2.78. The van der Waals surface area contributed by atoms with Crippen molar-refractivity contribution >= 4 is 28.9 Å². The molecule has 3 aromatic rings. The molecule has 7 nitrogen and oxygen atoms in total. The van der Waals surface area contributed by atoms with Gasteiger partial charge in [0, 0.05) is 22.8 Å². The molecule has 1 amide bonds. The number of amides is 1. The van der Waals surface area contributed by atoms with Crippen molar-refractivity contribution < 1.29 is 19.2 Å². The van der Waals surface area contributed by atoms with E-state index in [-0.39, 0.29) is 18.0 Å². The number of carbonyl (C=O) groups excluding carboxylic acids is 1. The van der Waals surface area contributed by atoms with E-state index in [1.165, 1.54) is 12.1 Å². The van der Waals surface area contributed by atoms with Crippen molar-refractivity contribution in [3.05, 3.63) is 92.5 Å². The van der Waals surface area contributed by atoms with Gasteiger partial charge in [-0.05, 0) is 53.1 Å². The van der Waals surface area contributed by atoms with E-state index in [2.05, 4.69) is 0 Å². The molecule has 8 heteroatoms. The Kier molecular flexibility index (Phi) is 5.52. The van der Waals surface area contributed by atoms with Crippen LogP contribution in [0.25, 0.3) is 0 Å². The lowest BCUT2D eigenvalue weighted by Crippen LogP contribution is -2.41. The predicted octanol–water partition coefficient (Wildman–Crippen LogP) is 4.94. The Balaban J connectivity index is 1.91. The second kappa shape index (κ2) is 8.28. The molecule has 158 valence electrons. The third-order valence-electron chi connectivity index (χ3n) is 5.33. The Hall–Kier alpha value is -3.58. The SMILES string of the molecule is COc1cc2c(cc1OC)[C@H](c1ccc(Cl)cc1)N(c1ccc([N+](=O)[O-])cc1)C(=O)C2. The third-order valence-corrected chi connectivity index (χ3v) is 5.58. The molecule has 0 saturated heterocycles. The van der Waals surface area contributed by atoms with Crippen molar-refractivity contribution in [1.82, 2.24) is 0 Å². The summed E-state index contributed by atoms with van der Waals surface area (Å²) >= 11 is 6.09. The molecule has 0 fully saturated rings. The molecule has 1 heterocycles. The van der Waals surface area contributed by atoms with Crippen LogP contribution in [-0.2, 0) is 11.2 Å². The van der Waals surface area contributed by atoms with E-state index in [9.17, 15) is 14.9 Å². The number of methoxy groups -OCH3 is 2. The predicted molar refractivity (Wildman–Crippen MR) is 117 cm³/mol. The summed E-state index contributed by atoms with van der Waals surface area (Å²) in [5, 5.41) is 11.6. The van der Waals surface area contributed by atoms with Crippen LogP contribution in [0.2, 0.25) is 5.02 Å². The largest absolute Gasteiger partial charge is 0.493 e. The molecule has 1 atom stereocenters. The molecule has 3 aromatic carbocycles. The number of fused-ring (bicyclic) bond motifs is 1. The Morgan fingerprint density at radius 2 is 1.61 bits per heavy atom. The van der Waals surface area contributed by atoms with Gasteiger partial charge in [0.05, 0.1) is 31.6 Å². The molecule has 0 unspecified atom stereocenters. The maximum absolute atomic E-state index is 13.3. The van der Waals surface area contributed by atoms with Gasteiger partial charge in [-0.1, -0.05) is 23.7 Å². The van der Waals surface area contributed by atoms with Crippen LogP contribution >= 0.6 is 11.6 Å². The molecule has 0 N–H and O–H groups in total. The molecule has 0 bridgehead atoms. The standard InChI is InChI=1S/C23H19ClN2O5/c1-30-20-11-15-12-22(27)25(17-7-9-18(10-8-17)26(28)29)23(19(15)13-21(20)31-2)14-3-5-16(24)6-4-14/h3-11,13,23H,12H2,1-2H3/t23-/m0/s1. The molecule has 0 aromatic heterocycles. The van der Waals surface area contributed by atoms with Crippen LogP contribution in [-0.4, -0.2) is 25.1 Å². The fraction of sp³-hybridized carbons (Fsp3) is 0.174. The Bertz CT molecular complexity index is 1150. The Labute approximate surface area is 183 Å². The van der Waals surface area contributed by atoms with Gasteiger partial charge in [0.1, 0.15) is 0 Å². The summed E-state index contributed by atoms with van der Waals surface area (Å²) in [5.41, 5.74) is 3.10. The fourth-order valence-corrected chi connectivity index (χ4v) is 4.00. The van der Waals surface area contributed by atoms with Crippen molar-refractivity contribution in [3.63, 3.8) is 0 Å². The maximum Gasteiger partial charge on any atom is 0.269 e. The van der Waals surface area contributed by atoms with Gasteiger partial charge in [0.15, 0.2) is 11.5 Å². The van der Waals surface area contributed by atoms with E-state index in [0.717, 1.165) is 16.7 Å². The van der Waals surface area contributed by atoms with Crippen molar-refractivity contribution in [2.24, 2.45) is 0 Å². The van der Waals surface area contributed by atoms with Gasteiger partial charge < -0.3 is 14.4 Å². The molecule has 0 spiro atoms. The zero-order valence-electron chi connectivity index (χ0n) is 16.9. The number of ether oxygens (including phenoxy) is 2. The summed E-state index contributed by atoms with van der Waals surface area (Å²) in [4.78, 5) is 25.5. The normalized spacial score (nSPS) is 15.4. The van der Waals surface area contributed by atoms with Gasteiger partial charge in [-0.25, -0.2) is 0 Å². The number of non-ortho nitro benzene ring substituents is 1. The van der Waals surface area contributed by atoms with Crippen molar-refractivity contribution in [2.45, 2.75) is 12.5 Å².